The second-order valence-electron chi connectivity index (χ2n) is 5.60. The molecule has 3 rings (SSSR count). The van der Waals surface area contributed by atoms with Gasteiger partial charge in [0.1, 0.15) is 0 Å². The first-order chi connectivity index (χ1) is 8.83. The molecule has 0 spiro atoms. The first kappa shape index (κ1) is 12.8. The average molecular weight is 269 g/mol. The lowest BCUT2D eigenvalue weighted by Crippen LogP contribution is -2.53. The van der Waals surface area contributed by atoms with Crippen molar-refractivity contribution in [2.75, 3.05) is 44.2 Å². The number of hydrogen-bond donors (Lipinski definition) is 1. The van der Waals surface area contributed by atoms with Gasteiger partial charge in [0.15, 0.2) is 0 Å². The molecule has 3 saturated heterocycles. The number of amides is 1. The molecule has 1 amide bonds. The minimum Gasteiger partial charge on any atom is -0.340 e. The highest BCUT2D eigenvalue weighted by molar-refractivity contribution is 7.99. The van der Waals surface area contributed by atoms with Gasteiger partial charge in [-0.1, -0.05) is 0 Å². The number of hydrogen-bond acceptors (Lipinski definition) is 4. The molecule has 0 radical (unpaired) electrons. The molecule has 2 unspecified atom stereocenters. The molecule has 0 aliphatic carbocycles. The zero-order valence-electron chi connectivity index (χ0n) is 10.9. The highest BCUT2D eigenvalue weighted by Gasteiger charge is 2.33. The molecule has 0 aromatic rings. The number of carbonyl (C=O) groups excluding carboxylic acids is 1. The van der Waals surface area contributed by atoms with E-state index in [2.05, 4.69) is 15.1 Å². The fourth-order valence-electron chi connectivity index (χ4n) is 3.31. The van der Waals surface area contributed by atoms with Gasteiger partial charge in [-0.25, -0.2) is 0 Å². The second-order valence-corrected chi connectivity index (χ2v) is 6.75. The maximum atomic E-state index is 12.3. The highest BCUT2D eigenvalue weighted by Crippen LogP contribution is 2.22. The number of piperazine rings is 1. The Morgan fingerprint density at radius 1 is 1.33 bits per heavy atom. The SMILES string of the molecule is O=C(CC1CSCCN1)N1CCN2CCCC2C1. The number of carbonyl (C=O) groups is 1. The summed E-state index contributed by atoms with van der Waals surface area (Å²) in [5.74, 6) is 2.64. The van der Waals surface area contributed by atoms with E-state index in [1.807, 2.05) is 11.8 Å². The maximum absolute atomic E-state index is 12.3. The molecule has 0 aromatic carbocycles. The summed E-state index contributed by atoms with van der Waals surface area (Å²) in [4.78, 5) is 17.0. The third-order valence-corrected chi connectivity index (χ3v) is 5.49. The third-order valence-electron chi connectivity index (χ3n) is 4.36. The van der Waals surface area contributed by atoms with Gasteiger partial charge in [-0.2, -0.15) is 11.8 Å². The van der Waals surface area contributed by atoms with E-state index in [1.165, 1.54) is 25.1 Å². The Labute approximate surface area is 113 Å². The Morgan fingerprint density at radius 2 is 2.28 bits per heavy atom. The van der Waals surface area contributed by atoms with Crippen molar-refractivity contribution in [1.29, 1.82) is 0 Å². The number of thioether (sulfide) groups is 1. The molecule has 0 aromatic heterocycles. The van der Waals surface area contributed by atoms with Crippen molar-refractivity contribution in [3.8, 4) is 0 Å². The monoisotopic (exact) mass is 269 g/mol. The highest BCUT2D eigenvalue weighted by atomic mass is 32.2. The summed E-state index contributed by atoms with van der Waals surface area (Å²) in [6.07, 6.45) is 3.29. The van der Waals surface area contributed by atoms with Crippen LogP contribution in [0.1, 0.15) is 19.3 Å². The molecule has 3 heterocycles. The predicted molar refractivity (Wildman–Crippen MR) is 74.9 cm³/mol. The molecular weight excluding hydrogens is 246 g/mol. The van der Waals surface area contributed by atoms with Crippen LogP contribution in [0.15, 0.2) is 0 Å². The molecular formula is C13H23N3OS. The van der Waals surface area contributed by atoms with Gasteiger partial charge in [0.25, 0.3) is 0 Å². The van der Waals surface area contributed by atoms with Crippen LogP contribution in [0, 0.1) is 0 Å². The number of rotatable bonds is 2. The van der Waals surface area contributed by atoms with Crippen LogP contribution >= 0.6 is 11.8 Å². The molecule has 4 nitrogen and oxygen atoms in total. The van der Waals surface area contributed by atoms with E-state index in [-0.39, 0.29) is 0 Å². The van der Waals surface area contributed by atoms with Crippen LogP contribution in [-0.4, -0.2) is 72.0 Å². The molecule has 3 fully saturated rings. The molecule has 2 atom stereocenters. The van der Waals surface area contributed by atoms with E-state index < -0.39 is 0 Å². The fraction of sp³-hybridized carbons (Fsp3) is 0.923. The lowest BCUT2D eigenvalue weighted by Gasteiger charge is -2.38. The van der Waals surface area contributed by atoms with Gasteiger partial charge in [-0.05, 0) is 19.4 Å². The zero-order chi connectivity index (χ0) is 12.4. The van der Waals surface area contributed by atoms with E-state index in [0.29, 0.717) is 24.4 Å². The van der Waals surface area contributed by atoms with Gasteiger partial charge in [-0.15, -0.1) is 0 Å². The minimum absolute atomic E-state index is 0.363. The van der Waals surface area contributed by atoms with Crippen LogP contribution < -0.4 is 5.32 Å². The van der Waals surface area contributed by atoms with Crippen LogP contribution in [0.2, 0.25) is 0 Å². The van der Waals surface area contributed by atoms with Crippen molar-refractivity contribution in [2.24, 2.45) is 0 Å². The van der Waals surface area contributed by atoms with Crippen molar-refractivity contribution in [2.45, 2.75) is 31.3 Å². The Hall–Kier alpha value is -0.260. The average Bonchev–Trinajstić information content (AvgIpc) is 2.87. The number of nitrogens with zero attached hydrogens (tertiary/aromatic N) is 2. The summed E-state index contributed by atoms with van der Waals surface area (Å²) < 4.78 is 0. The molecule has 102 valence electrons. The van der Waals surface area contributed by atoms with Crippen LogP contribution in [0.4, 0.5) is 0 Å². The molecule has 3 aliphatic rings. The molecule has 1 N–H and O–H groups in total. The molecule has 18 heavy (non-hydrogen) atoms. The molecule has 0 bridgehead atoms. The Balaban J connectivity index is 1.49. The summed E-state index contributed by atoms with van der Waals surface area (Å²) >= 11 is 1.97. The van der Waals surface area contributed by atoms with Gasteiger partial charge in [-0.3, -0.25) is 9.69 Å². The van der Waals surface area contributed by atoms with Crippen LogP contribution in [0.3, 0.4) is 0 Å². The van der Waals surface area contributed by atoms with Crippen molar-refractivity contribution in [1.82, 2.24) is 15.1 Å². The predicted octanol–water partition coefficient (Wildman–Crippen LogP) is 0.388. The molecule has 3 aliphatic heterocycles. The van der Waals surface area contributed by atoms with E-state index in [1.54, 1.807) is 0 Å². The smallest absolute Gasteiger partial charge is 0.224 e. The molecule has 0 saturated carbocycles. The topological polar surface area (TPSA) is 35.6 Å². The van der Waals surface area contributed by atoms with E-state index in [0.717, 1.165) is 31.9 Å². The summed E-state index contributed by atoms with van der Waals surface area (Å²) in [7, 11) is 0. The third kappa shape index (κ3) is 2.83. The second kappa shape index (κ2) is 5.80. The first-order valence-electron chi connectivity index (χ1n) is 7.16. The standard InChI is InChI=1S/C13H23N3OS/c17-13(8-11-10-18-7-3-14-11)16-6-5-15-4-1-2-12(15)9-16/h11-12,14H,1-10H2. The quantitative estimate of drug-likeness (QED) is 0.786. The van der Waals surface area contributed by atoms with Crippen LogP contribution in [0.5, 0.6) is 0 Å². The number of fused-ring (bicyclic) bond motifs is 1. The van der Waals surface area contributed by atoms with Crippen molar-refractivity contribution < 1.29 is 4.79 Å². The fourth-order valence-corrected chi connectivity index (χ4v) is 4.26. The van der Waals surface area contributed by atoms with Gasteiger partial charge in [0, 0.05) is 56.2 Å². The lowest BCUT2D eigenvalue weighted by atomic mass is 10.1. The zero-order valence-corrected chi connectivity index (χ0v) is 11.8. The van der Waals surface area contributed by atoms with Crippen LogP contribution in [0.25, 0.3) is 0 Å². The van der Waals surface area contributed by atoms with E-state index >= 15 is 0 Å². The van der Waals surface area contributed by atoms with E-state index in [9.17, 15) is 4.79 Å². The number of nitrogens with one attached hydrogen (secondary N) is 1. The first-order valence-corrected chi connectivity index (χ1v) is 8.31. The van der Waals surface area contributed by atoms with Gasteiger partial charge < -0.3 is 10.2 Å². The van der Waals surface area contributed by atoms with Crippen LogP contribution in [-0.2, 0) is 4.79 Å². The summed E-state index contributed by atoms with van der Waals surface area (Å²) in [5, 5.41) is 3.46. The van der Waals surface area contributed by atoms with Crippen molar-refractivity contribution in [3.63, 3.8) is 0 Å². The Kier molecular flexibility index (Phi) is 4.11. The maximum Gasteiger partial charge on any atom is 0.224 e. The molecule has 5 heteroatoms. The van der Waals surface area contributed by atoms with Crippen molar-refractivity contribution in [3.05, 3.63) is 0 Å². The summed E-state index contributed by atoms with van der Waals surface area (Å²) in [6, 6.07) is 1.05. The van der Waals surface area contributed by atoms with E-state index in [4.69, 9.17) is 0 Å². The Morgan fingerprint density at radius 3 is 3.11 bits per heavy atom. The largest absolute Gasteiger partial charge is 0.340 e. The van der Waals surface area contributed by atoms with Gasteiger partial charge in [0.05, 0.1) is 0 Å². The minimum atomic E-state index is 0.363. The summed E-state index contributed by atoms with van der Waals surface area (Å²) in [5.41, 5.74) is 0. The summed E-state index contributed by atoms with van der Waals surface area (Å²) in [6.45, 7) is 5.30. The van der Waals surface area contributed by atoms with Gasteiger partial charge in [0.2, 0.25) is 5.91 Å². The van der Waals surface area contributed by atoms with Crippen molar-refractivity contribution >= 4 is 17.7 Å². The Bertz CT molecular complexity index is 307. The lowest BCUT2D eigenvalue weighted by molar-refractivity contribution is -0.134. The normalized spacial score (nSPS) is 33.4. The van der Waals surface area contributed by atoms with Gasteiger partial charge >= 0.3 is 0 Å².